The molecule has 0 radical (unpaired) electrons. The average Bonchev–Trinajstić information content (AvgIpc) is 2.12. The van der Waals surface area contributed by atoms with Crippen LogP contribution in [0.3, 0.4) is 0 Å². The Bertz CT molecular complexity index is 267. The zero-order chi connectivity index (χ0) is 10.6. The maximum atomic E-state index is 11.2. The Morgan fingerprint density at radius 1 is 1.07 bits per heavy atom. The van der Waals surface area contributed by atoms with Crippen molar-refractivity contribution in [3.05, 3.63) is 0 Å². The van der Waals surface area contributed by atoms with Crippen LogP contribution >= 0.6 is 0 Å². The van der Waals surface area contributed by atoms with Gasteiger partial charge in [0.15, 0.2) is 0 Å². The molecule has 0 aromatic carbocycles. The quantitative estimate of drug-likeness (QED) is 0.619. The minimum atomic E-state index is -0.126. The predicted molar refractivity (Wildman–Crippen MR) is 57.2 cm³/mol. The van der Waals surface area contributed by atoms with Gasteiger partial charge in [0.2, 0.25) is 0 Å². The highest BCUT2D eigenvalue weighted by molar-refractivity contribution is 5.66. The maximum absolute atomic E-state index is 11.2. The van der Waals surface area contributed by atoms with Crippen molar-refractivity contribution in [3.8, 4) is 0 Å². The van der Waals surface area contributed by atoms with Gasteiger partial charge in [-0.3, -0.25) is 4.79 Å². The lowest BCUT2D eigenvalue weighted by Gasteiger charge is -2.58. The number of esters is 1. The summed E-state index contributed by atoms with van der Waals surface area (Å²) < 4.78 is 5.68. The van der Waals surface area contributed by atoms with Crippen LogP contribution in [0.15, 0.2) is 0 Å². The molecule has 4 bridgehead atoms. The molecule has 0 aromatic rings. The van der Waals surface area contributed by atoms with E-state index < -0.39 is 0 Å². The van der Waals surface area contributed by atoms with Gasteiger partial charge >= 0.3 is 5.97 Å². The molecule has 0 N–H and O–H groups in total. The largest absolute Gasteiger partial charge is 0.459 e. The van der Waals surface area contributed by atoms with Crippen LogP contribution in [-0.4, -0.2) is 11.6 Å². The highest BCUT2D eigenvalue weighted by Gasteiger charge is 2.56. The second kappa shape index (κ2) is 2.99. The normalized spacial score (nSPS) is 51.9. The molecule has 2 heteroatoms. The molecule has 4 fully saturated rings. The van der Waals surface area contributed by atoms with Crippen LogP contribution in [0.25, 0.3) is 0 Å². The van der Waals surface area contributed by atoms with E-state index in [-0.39, 0.29) is 11.6 Å². The van der Waals surface area contributed by atoms with Crippen LogP contribution in [0.2, 0.25) is 0 Å². The third-order valence-corrected chi connectivity index (χ3v) is 5.12. The summed E-state index contributed by atoms with van der Waals surface area (Å²) in [6.45, 7) is 3.73. The van der Waals surface area contributed by atoms with Gasteiger partial charge in [-0.1, -0.05) is 0 Å². The molecular weight excluding hydrogens is 188 g/mol. The van der Waals surface area contributed by atoms with E-state index >= 15 is 0 Å². The van der Waals surface area contributed by atoms with Crippen LogP contribution in [0.1, 0.15) is 46.0 Å². The number of carbonyl (C=O) groups excluding carboxylic acids is 1. The molecule has 4 aliphatic rings. The lowest BCUT2D eigenvalue weighted by Crippen LogP contribution is -2.57. The zero-order valence-electron chi connectivity index (χ0n) is 9.66. The highest BCUT2D eigenvalue weighted by atomic mass is 16.6. The van der Waals surface area contributed by atoms with E-state index in [0.29, 0.717) is 11.8 Å². The molecule has 4 aliphatic carbocycles. The van der Waals surface area contributed by atoms with E-state index in [9.17, 15) is 4.79 Å². The van der Waals surface area contributed by atoms with Crippen LogP contribution in [-0.2, 0) is 9.53 Å². The molecule has 0 saturated heterocycles. The standard InChI is InChI=1S/C13H20O2/c1-8(14)15-13(2)11-4-9-3-10(6-11)7-12(13)5-9/h9-12H,3-7H2,1-2H3. The van der Waals surface area contributed by atoms with Crippen LogP contribution in [0.4, 0.5) is 0 Å². The zero-order valence-corrected chi connectivity index (χ0v) is 9.66. The molecule has 0 aliphatic heterocycles. The summed E-state index contributed by atoms with van der Waals surface area (Å²) in [4.78, 5) is 11.2. The van der Waals surface area contributed by atoms with Crippen molar-refractivity contribution in [3.63, 3.8) is 0 Å². The molecule has 15 heavy (non-hydrogen) atoms. The lowest BCUT2D eigenvalue weighted by molar-refractivity contribution is -0.201. The summed E-state index contributed by atoms with van der Waals surface area (Å²) in [5.41, 5.74) is -0.126. The first-order valence-electron chi connectivity index (χ1n) is 6.27. The van der Waals surface area contributed by atoms with Crippen molar-refractivity contribution in [1.82, 2.24) is 0 Å². The molecule has 84 valence electrons. The third-order valence-electron chi connectivity index (χ3n) is 5.12. The summed E-state index contributed by atoms with van der Waals surface area (Å²) in [6, 6.07) is 0. The third kappa shape index (κ3) is 1.33. The second-order valence-electron chi connectivity index (χ2n) is 6.08. The fourth-order valence-corrected chi connectivity index (χ4v) is 4.60. The molecule has 0 heterocycles. The van der Waals surface area contributed by atoms with Crippen molar-refractivity contribution in [2.45, 2.75) is 51.6 Å². The Hall–Kier alpha value is -0.530. The van der Waals surface area contributed by atoms with Crippen LogP contribution in [0, 0.1) is 23.7 Å². The number of hydrogen-bond acceptors (Lipinski definition) is 2. The molecule has 4 rings (SSSR count). The first-order valence-corrected chi connectivity index (χ1v) is 6.27. The van der Waals surface area contributed by atoms with Crippen molar-refractivity contribution in [1.29, 1.82) is 0 Å². The van der Waals surface area contributed by atoms with E-state index in [4.69, 9.17) is 4.74 Å². The predicted octanol–water partition coefficient (Wildman–Crippen LogP) is 2.76. The van der Waals surface area contributed by atoms with Gasteiger partial charge in [0.25, 0.3) is 0 Å². The Morgan fingerprint density at radius 2 is 1.53 bits per heavy atom. The van der Waals surface area contributed by atoms with Gasteiger partial charge in [-0.15, -0.1) is 0 Å². The fourth-order valence-electron chi connectivity index (χ4n) is 4.60. The first-order chi connectivity index (χ1) is 7.08. The van der Waals surface area contributed by atoms with Gasteiger partial charge in [-0.2, -0.15) is 0 Å². The monoisotopic (exact) mass is 208 g/mol. The summed E-state index contributed by atoms with van der Waals surface area (Å²) in [7, 11) is 0. The minimum absolute atomic E-state index is 0.0926. The molecule has 2 nitrogen and oxygen atoms in total. The molecule has 0 unspecified atom stereocenters. The second-order valence-corrected chi connectivity index (χ2v) is 6.08. The van der Waals surface area contributed by atoms with E-state index in [1.807, 2.05) is 0 Å². The van der Waals surface area contributed by atoms with Crippen LogP contribution in [0.5, 0.6) is 0 Å². The Kier molecular flexibility index (Phi) is 1.93. The number of ether oxygens (including phenoxy) is 1. The van der Waals surface area contributed by atoms with Gasteiger partial charge in [-0.05, 0) is 62.7 Å². The summed E-state index contributed by atoms with van der Waals surface area (Å²) >= 11 is 0. The van der Waals surface area contributed by atoms with E-state index in [0.717, 1.165) is 11.8 Å². The van der Waals surface area contributed by atoms with Crippen molar-refractivity contribution < 1.29 is 9.53 Å². The van der Waals surface area contributed by atoms with Gasteiger partial charge in [0.05, 0.1) is 0 Å². The van der Waals surface area contributed by atoms with Crippen molar-refractivity contribution in [2.24, 2.45) is 23.7 Å². The van der Waals surface area contributed by atoms with E-state index in [2.05, 4.69) is 6.92 Å². The Morgan fingerprint density at radius 3 is 1.93 bits per heavy atom. The van der Waals surface area contributed by atoms with E-state index in [1.54, 1.807) is 6.92 Å². The SMILES string of the molecule is CC(=O)OC1(C)C2CC3CC(C2)CC1C3. The molecule has 0 atom stereocenters. The van der Waals surface area contributed by atoms with Crippen LogP contribution < -0.4 is 0 Å². The van der Waals surface area contributed by atoms with Crippen molar-refractivity contribution >= 4 is 5.97 Å². The number of rotatable bonds is 1. The highest BCUT2D eigenvalue weighted by Crippen LogP contribution is 2.59. The molecular formula is C13H20O2. The number of carbonyl (C=O) groups is 1. The molecule has 0 amide bonds. The molecule has 4 saturated carbocycles. The smallest absolute Gasteiger partial charge is 0.303 e. The van der Waals surface area contributed by atoms with Gasteiger partial charge in [0, 0.05) is 6.92 Å². The van der Waals surface area contributed by atoms with Crippen molar-refractivity contribution in [2.75, 3.05) is 0 Å². The van der Waals surface area contributed by atoms with Gasteiger partial charge in [-0.25, -0.2) is 0 Å². The number of hydrogen-bond donors (Lipinski definition) is 0. The minimum Gasteiger partial charge on any atom is -0.459 e. The summed E-state index contributed by atoms with van der Waals surface area (Å²) in [5.74, 6) is 3.09. The topological polar surface area (TPSA) is 26.3 Å². The maximum Gasteiger partial charge on any atom is 0.303 e. The van der Waals surface area contributed by atoms with Gasteiger partial charge in [0.1, 0.15) is 5.60 Å². The van der Waals surface area contributed by atoms with Gasteiger partial charge < -0.3 is 4.74 Å². The Labute approximate surface area is 91.4 Å². The summed E-state index contributed by atoms with van der Waals surface area (Å²) in [5, 5.41) is 0. The Balaban J connectivity index is 1.87. The lowest BCUT2D eigenvalue weighted by atomic mass is 9.50. The average molecular weight is 208 g/mol. The van der Waals surface area contributed by atoms with E-state index in [1.165, 1.54) is 32.1 Å². The summed E-state index contributed by atoms with van der Waals surface area (Å²) in [6.07, 6.45) is 6.66. The fraction of sp³-hybridized carbons (Fsp3) is 0.923. The molecule has 0 spiro atoms. The first kappa shape index (κ1) is 9.68. The molecule has 0 aromatic heterocycles.